The molecule has 0 amide bonds. The first kappa shape index (κ1) is 6.00. The highest BCUT2D eigenvalue weighted by molar-refractivity contribution is 5.58. The van der Waals surface area contributed by atoms with Crippen LogP contribution in [0.3, 0.4) is 0 Å². The highest BCUT2D eigenvalue weighted by atomic mass is 14.9. The van der Waals surface area contributed by atoms with E-state index in [4.69, 9.17) is 1.37 Å². The van der Waals surface area contributed by atoms with Gasteiger partial charge >= 0.3 is 0 Å². The number of aryl methyl sites for hydroxylation is 1. The molecule has 0 aliphatic rings. The summed E-state index contributed by atoms with van der Waals surface area (Å²) in [5.41, 5.74) is 3.08. The van der Waals surface area contributed by atoms with Crippen LogP contribution in [0.2, 0.25) is 0 Å². The Kier molecular flexibility index (Phi) is 1.41. The fourth-order valence-electron chi connectivity index (χ4n) is 1.18. The average molecular weight is 159 g/mol. The van der Waals surface area contributed by atoms with Crippen LogP contribution < -0.4 is 0 Å². The zero-order valence-corrected chi connectivity index (χ0v) is 6.83. The molecule has 0 spiro atoms. The highest BCUT2D eigenvalue weighted by Gasteiger charge is 1.97. The maximum Gasteiger partial charge on any atom is 0.104 e. The van der Waals surface area contributed by atoms with Crippen molar-refractivity contribution < 1.29 is 1.37 Å². The summed E-state index contributed by atoms with van der Waals surface area (Å²) in [4.78, 5) is 6.78. The highest BCUT2D eigenvalue weighted by Crippen LogP contribution is 2.16. The first-order valence-electron chi connectivity index (χ1n) is 4.35. The van der Waals surface area contributed by atoms with Crippen LogP contribution in [0.1, 0.15) is 6.93 Å². The summed E-state index contributed by atoms with van der Waals surface area (Å²) in [5.74, 6) is 0. The van der Waals surface area contributed by atoms with Gasteiger partial charge in [-0.1, -0.05) is 23.8 Å². The first-order chi connectivity index (χ1) is 6.25. The van der Waals surface area contributed by atoms with Crippen molar-refractivity contribution in [3.63, 3.8) is 0 Å². The Morgan fingerprint density at radius 3 is 3.08 bits per heavy atom. The minimum absolute atomic E-state index is 0.205. The molecule has 1 aromatic carbocycles. The van der Waals surface area contributed by atoms with E-state index < -0.39 is 0 Å². The van der Waals surface area contributed by atoms with Crippen LogP contribution >= 0.6 is 0 Å². The molecule has 0 saturated carbocycles. The Morgan fingerprint density at radius 1 is 1.50 bits per heavy atom. The van der Waals surface area contributed by atoms with Gasteiger partial charge in [0, 0.05) is 11.8 Å². The van der Waals surface area contributed by atoms with Crippen LogP contribution in [-0.4, -0.2) is 9.97 Å². The van der Waals surface area contributed by atoms with Crippen molar-refractivity contribution in [2.75, 3.05) is 0 Å². The maximum atomic E-state index is 7.25. The normalized spacial score (nSPS) is 11.2. The number of benzene rings is 1. The molecule has 2 aromatic rings. The molecule has 0 aliphatic carbocycles. The lowest BCUT2D eigenvalue weighted by Crippen LogP contribution is -1.77. The fraction of sp³-hybridized carbons (Fsp3) is 0.100. The van der Waals surface area contributed by atoms with E-state index in [9.17, 15) is 0 Å². The zero-order chi connectivity index (χ0) is 9.26. The predicted molar refractivity (Wildman–Crippen MR) is 48.8 cm³/mol. The van der Waals surface area contributed by atoms with Crippen LogP contribution in [0.25, 0.3) is 11.3 Å². The van der Waals surface area contributed by atoms with Gasteiger partial charge in [0.15, 0.2) is 0 Å². The summed E-state index contributed by atoms with van der Waals surface area (Å²) >= 11 is 0. The van der Waals surface area contributed by atoms with Gasteiger partial charge in [-0.2, -0.15) is 0 Å². The van der Waals surface area contributed by atoms with Crippen LogP contribution in [0.4, 0.5) is 0 Å². The molecule has 0 fully saturated rings. The van der Waals surface area contributed by atoms with Gasteiger partial charge in [0.05, 0.1) is 12.0 Å². The predicted octanol–water partition coefficient (Wildman–Crippen LogP) is 2.39. The van der Waals surface area contributed by atoms with Crippen molar-refractivity contribution in [3.05, 3.63) is 42.3 Å². The van der Waals surface area contributed by atoms with Crippen LogP contribution in [0, 0.1) is 6.92 Å². The van der Waals surface area contributed by atoms with Crippen LogP contribution in [0.15, 0.2) is 36.8 Å². The lowest BCUT2D eigenvalue weighted by molar-refractivity contribution is 1.31. The Bertz CT molecular complexity index is 420. The number of nitrogens with one attached hydrogen (secondary N) is 1. The smallest absolute Gasteiger partial charge is 0.104 e. The molecule has 1 aromatic heterocycles. The van der Waals surface area contributed by atoms with Crippen molar-refractivity contribution in [3.8, 4) is 11.3 Å². The number of aromatic nitrogens is 2. The number of rotatable bonds is 1. The second kappa shape index (κ2) is 2.81. The molecule has 1 heterocycles. The van der Waals surface area contributed by atoms with E-state index in [0.717, 1.165) is 11.3 Å². The summed E-state index contributed by atoms with van der Waals surface area (Å²) in [5, 5.41) is 0. The minimum atomic E-state index is 0.205. The van der Waals surface area contributed by atoms with Crippen molar-refractivity contribution in [2.45, 2.75) is 6.92 Å². The number of H-pyrrole nitrogens is 1. The number of hydrogen-bond acceptors (Lipinski definition) is 1. The van der Waals surface area contributed by atoms with Gasteiger partial charge < -0.3 is 4.98 Å². The third kappa shape index (κ3) is 1.23. The fourth-order valence-corrected chi connectivity index (χ4v) is 1.18. The van der Waals surface area contributed by atoms with E-state index in [0.29, 0.717) is 0 Å². The van der Waals surface area contributed by atoms with Gasteiger partial charge in [0.1, 0.15) is 1.37 Å². The quantitative estimate of drug-likeness (QED) is 0.680. The number of nitrogens with zero attached hydrogens (tertiary/aromatic N) is 1. The number of imidazole rings is 1. The van der Waals surface area contributed by atoms with Gasteiger partial charge in [-0.25, -0.2) is 4.98 Å². The number of hydrogen-bond donors (Lipinski definition) is 1. The van der Waals surface area contributed by atoms with Crippen molar-refractivity contribution >= 4 is 0 Å². The Balaban J connectivity index is 2.46. The molecule has 0 atom stereocenters. The molecule has 1 N–H and O–H groups in total. The average Bonchev–Trinajstić information content (AvgIpc) is 2.52. The molecule has 2 heteroatoms. The molecule has 0 unspecified atom stereocenters. The summed E-state index contributed by atoms with van der Waals surface area (Å²) < 4.78 is 7.25. The van der Waals surface area contributed by atoms with E-state index in [2.05, 4.69) is 16.0 Å². The van der Waals surface area contributed by atoms with Crippen molar-refractivity contribution in [2.24, 2.45) is 0 Å². The standard InChI is InChI=1S/C10H10N2/c1-8-3-2-4-9(5-8)10-6-11-7-12-10/h2-7H,1H3,(H,11,12)/i7D. The summed E-state index contributed by atoms with van der Waals surface area (Å²) in [7, 11) is 0. The monoisotopic (exact) mass is 159 g/mol. The summed E-state index contributed by atoms with van der Waals surface area (Å²) in [6, 6.07) is 8.07. The Morgan fingerprint density at radius 2 is 2.42 bits per heavy atom. The zero-order valence-electron chi connectivity index (χ0n) is 7.83. The van der Waals surface area contributed by atoms with Gasteiger partial charge in [0.2, 0.25) is 0 Å². The number of aromatic amines is 1. The van der Waals surface area contributed by atoms with E-state index in [1.54, 1.807) is 6.20 Å². The third-order valence-corrected chi connectivity index (χ3v) is 1.76. The molecular formula is C10H10N2. The van der Waals surface area contributed by atoms with E-state index in [1.807, 2.05) is 25.1 Å². The third-order valence-electron chi connectivity index (χ3n) is 1.76. The van der Waals surface area contributed by atoms with Gasteiger partial charge in [-0.15, -0.1) is 0 Å². The first-order valence-corrected chi connectivity index (χ1v) is 3.85. The van der Waals surface area contributed by atoms with Gasteiger partial charge in [-0.05, 0) is 13.0 Å². The topological polar surface area (TPSA) is 28.7 Å². The lowest BCUT2D eigenvalue weighted by atomic mass is 10.1. The largest absolute Gasteiger partial charge is 0.351 e. The summed E-state index contributed by atoms with van der Waals surface area (Å²) in [6.45, 7) is 2.04. The van der Waals surface area contributed by atoms with Crippen LogP contribution in [-0.2, 0) is 0 Å². The molecule has 0 saturated heterocycles. The Labute approximate surface area is 72.7 Å². The molecular weight excluding hydrogens is 148 g/mol. The van der Waals surface area contributed by atoms with Crippen LogP contribution in [0.5, 0.6) is 0 Å². The van der Waals surface area contributed by atoms with Crippen molar-refractivity contribution in [1.82, 2.24) is 9.97 Å². The Hall–Kier alpha value is -1.57. The molecule has 0 radical (unpaired) electrons. The molecule has 60 valence electrons. The molecule has 2 nitrogen and oxygen atoms in total. The van der Waals surface area contributed by atoms with Gasteiger partial charge in [0.25, 0.3) is 0 Å². The maximum absolute atomic E-state index is 7.25. The van der Waals surface area contributed by atoms with E-state index >= 15 is 0 Å². The molecule has 2 rings (SSSR count). The molecule has 12 heavy (non-hydrogen) atoms. The second-order valence-corrected chi connectivity index (χ2v) is 2.77. The van der Waals surface area contributed by atoms with E-state index in [-0.39, 0.29) is 6.30 Å². The minimum Gasteiger partial charge on any atom is -0.351 e. The second-order valence-electron chi connectivity index (χ2n) is 2.77. The lowest BCUT2D eigenvalue weighted by Gasteiger charge is -1.96. The SMILES string of the molecule is [2H]c1nc(-c2cccc(C)c2)c[nH]1. The van der Waals surface area contributed by atoms with Crippen molar-refractivity contribution in [1.29, 1.82) is 0 Å². The summed E-state index contributed by atoms with van der Waals surface area (Å²) in [6.07, 6.45) is 1.95. The molecule has 0 aliphatic heterocycles. The van der Waals surface area contributed by atoms with Gasteiger partial charge in [-0.3, -0.25) is 0 Å². The van der Waals surface area contributed by atoms with E-state index in [1.165, 1.54) is 5.56 Å². The molecule has 0 bridgehead atoms.